The molecule has 0 aliphatic heterocycles. The van der Waals surface area contributed by atoms with Gasteiger partial charge in [-0.1, -0.05) is 12.1 Å². The number of carboxylic acids is 1. The summed E-state index contributed by atoms with van der Waals surface area (Å²) >= 11 is 0. The van der Waals surface area contributed by atoms with Crippen LogP contribution in [0.3, 0.4) is 0 Å². The first-order chi connectivity index (χ1) is 9.72. The summed E-state index contributed by atoms with van der Waals surface area (Å²) in [6.07, 6.45) is 1.37. The number of nitrogens with one attached hydrogen (secondary N) is 1. The average molecular weight is 309 g/mol. The summed E-state index contributed by atoms with van der Waals surface area (Å²) in [5, 5.41) is 9.06. The van der Waals surface area contributed by atoms with Crippen molar-refractivity contribution in [3.05, 3.63) is 41.3 Å². The van der Waals surface area contributed by atoms with E-state index in [1.807, 2.05) is 0 Å². The molecular formula is C13H15N3O4S. The summed E-state index contributed by atoms with van der Waals surface area (Å²) < 4.78 is 28.4. The summed E-state index contributed by atoms with van der Waals surface area (Å²) in [5.74, 6) is -0.652. The average Bonchev–Trinajstić information content (AvgIpc) is 2.69. The lowest BCUT2D eigenvalue weighted by atomic mass is 10.1. The quantitative estimate of drug-likeness (QED) is 0.892. The Kier molecular flexibility index (Phi) is 3.73. The number of anilines is 1. The van der Waals surface area contributed by atoms with Crippen molar-refractivity contribution in [3.8, 4) is 0 Å². The van der Waals surface area contributed by atoms with Crippen LogP contribution in [0, 0.1) is 13.8 Å². The lowest BCUT2D eigenvalue weighted by Crippen LogP contribution is -2.16. The number of sulfonamides is 1. The first kappa shape index (κ1) is 15.0. The molecular weight excluding hydrogens is 294 g/mol. The Hall–Kier alpha value is -2.35. The van der Waals surface area contributed by atoms with E-state index in [2.05, 4.69) is 9.71 Å². The second-order valence-electron chi connectivity index (χ2n) is 4.65. The second kappa shape index (κ2) is 5.21. The van der Waals surface area contributed by atoms with Gasteiger partial charge in [0.25, 0.3) is 10.0 Å². The Bertz CT molecular complexity index is 789. The molecule has 1 heterocycles. The van der Waals surface area contributed by atoms with Crippen molar-refractivity contribution >= 4 is 21.7 Å². The van der Waals surface area contributed by atoms with Crippen molar-refractivity contribution in [1.82, 2.24) is 9.55 Å². The predicted octanol–water partition coefficient (Wildman–Crippen LogP) is 1.54. The van der Waals surface area contributed by atoms with Crippen molar-refractivity contribution in [3.63, 3.8) is 0 Å². The highest BCUT2D eigenvalue weighted by Gasteiger charge is 2.22. The number of benzene rings is 1. The fourth-order valence-corrected chi connectivity index (χ4v) is 3.00. The molecule has 21 heavy (non-hydrogen) atoms. The Balaban J connectivity index is 2.47. The molecule has 0 aliphatic carbocycles. The molecule has 0 unspecified atom stereocenters. The topological polar surface area (TPSA) is 101 Å². The van der Waals surface area contributed by atoms with Gasteiger partial charge in [-0.05, 0) is 25.5 Å². The molecule has 0 amide bonds. The molecule has 0 fully saturated rings. The predicted molar refractivity (Wildman–Crippen MR) is 76.9 cm³/mol. The van der Waals surface area contributed by atoms with Gasteiger partial charge < -0.3 is 9.67 Å². The van der Waals surface area contributed by atoms with E-state index in [0.29, 0.717) is 11.4 Å². The first-order valence-corrected chi connectivity index (χ1v) is 7.56. The van der Waals surface area contributed by atoms with E-state index >= 15 is 0 Å². The van der Waals surface area contributed by atoms with Gasteiger partial charge in [-0.3, -0.25) is 4.72 Å². The van der Waals surface area contributed by atoms with E-state index < -0.39 is 16.0 Å². The number of aromatic carboxylic acids is 1. The van der Waals surface area contributed by atoms with Gasteiger partial charge >= 0.3 is 5.97 Å². The number of aryl methyl sites for hydroxylation is 3. The summed E-state index contributed by atoms with van der Waals surface area (Å²) in [7, 11) is -2.26. The molecule has 0 spiro atoms. The van der Waals surface area contributed by atoms with Crippen LogP contribution in [0.1, 0.15) is 21.7 Å². The normalized spacial score (nSPS) is 11.4. The molecule has 0 aliphatic rings. The number of rotatable bonds is 4. The van der Waals surface area contributed by atoms with Gasteiger partial charge in [0.2, 0.25) is 0 Å². The number of hydrogen-bond acceptors (Lipinski definition) is 4. The highest BCUT2D eigenvalue weighted by atomic mass is 32.2. The van der Waals surface area contributed by atoms with Gasteiger partial charge in [0.05, 0.1) is 11.3 Å². The van der Waals surface area contributed by atoms with Crippen LogP contribution in [0.15, 0.2) is 29.4 Å². The largest absolute Gasteiger partial charge is 0.478 e. The lowest BCUT2D eigenvalue weighted by molar-refractivity contribution is 0.0697. The van der Waals surface area contributed by atoms with E-state index in [-0.39, 0.29) is 16.3 Å². The molecule has 2 rings (SSSR count). The molecule has 0 atom stereocenters. The minimum absolute atomic E-state index is 0.0193. The van der Waals surface area contributed by atoms with Crippen LogP contribution >= 0.6 is 0 Å². The third-order valence-corrected chi connectivity index (χ3v) is 4.33. The molecule has 2 N–H and O–H groups in total. The van der Waals surface area contributed by atoms with E-state index in [4.69, 9.17) is 0 Å². The molecule has 1 aromatic carbocycles. The van der Waals surface area contributed by atoms with Crippen LogP contribution in [-0.4, -0.2) is 29.0 Å². The monoisotopic (exact) mass is 309 g/mol. The van der Waals surface area contributed by atoms with E-state index in [9.17, 15) is 18.3 Å². The Labute approximate surface area is 122 Å². The SMILES string of the molecule is Cc1cccc(NS(=O)(=O)c2cn(C)c(C)n2)c1C(=O)O. The molecule has 0 bridgehead atoms. The Morgan fingerprint density at radius 1 is 1.33 bits per heavy atom. The van der Waals surface area contributed by atoms with Gasteiger partial charge in [0, 0.05) is 13.2 Å². The summed E-state index contributed by atoms with van der Waals surface area (Å²) in [6, 6.07) is 4.60. The maximum atomic E-state index is 12.3. The fraction of sp³-hybridized carbons (Fsp3) is 0.231. The van der Waals surface area contributed by atoms with Crippen LogP contribution < -0.4 is 4.72 Å². The summed E-state index contributed by atoms with van der Waals surface area (Å²) in [6.45, 7) is 3.28. The van der Waals surface area contributed by atoms with Gasteiger partial charge in [0.15, 0.2) is 5.03 Å². The van der Waals surface area contributed by atoms with E-state index in [1.165, 1.54) is 12.3 Å². The number of aromatic nitrogens is 2. The number of nitrogens with zero attached hydrogens (tertiary/aromatic N) is 2. The van der Waals surface area contributed by atoms with E-state index in [0.717, 1.165) is 0 Å². The molecule has 0 saturated carbocycles. The van der Waals surface area contributed by atoms with Crippen molar-refractivity contribution in [2.45, 2.75) is 18.9 Å². The molecule has 7 nitrogen and oxygen atoms in total. The standard InChI is InChI=1S/C13H15N3O4S/c1-8-5-4-6-10(12(8)13(17)18)15-21(19,20)11-7-16(3)9(2)14-11/h4-7,15H,1-3H3,(H,17,18). The zero-order valence-corrected chi connectivity index (χ0v) is 12.6. The minimum atomic E-state index is -3.93. The molecule has 112 valence electrons. The third-order valence-electron chi connectivity index (χ3n) is 3.09. The fourth-order valence-electron chi connectivity index (χ4n) is 1.89. The number of carboxylic acid groups (broad SMARTS) is 1. The number of carbonyl (C=O) groups is 1. The maximum Gasteiger partial charge on any atom is 0.338 e. The van der Waals surface area contributed by atoms with Crippen LogP contribution in [0.5, 0.6) is 0 Å². The highest BCUT2D eigenvalue weighted by Crippen LogP contribution is 2.22. The van der Waals surface area contributed by atoms with Gasteiger partial charge in [-0.25, -0.2) is 9.78 Å². The zero-order chi connectivity index (χ0) is 15.8. The van der Waals surface area contributed by atoms with Crippen LogP contribution in [0.2, 0.25) is 0 Å². The van der Waals surface area contributed by atoms with Crippen LogP contribution in [0.4, 0.5) is 5.69 Å². The molecule has 2 aromatic rings. The Morgan fingerprint density at radius 2 is 2.00 bits per heavy atom. The molecule has 0 saturated heterocycles. The van der Waals surface area contributed by atoms with Crippen molar-refractivity contribution in [2.24, 2.45) is 7.05 Å². The summed E-state index contributed by atoms with van der Waals surface area (Å²) in [5.41, 5.74) is 0.416. The number of hydrogen-bond donors (Lipinski definition) is 2. The van der Waals surface area contributed by atoms with Gasteiger partial charge in [-0.2, -0.15) is 8.42 Å². The molecule has 8 heteroatoms. The van der Waals surface area contributed by atoms with Crippen molar-refractivity contribution < 1.29 is 18.3 Å². The summed E-state index contributed by atoms with van der Waals surface area (Å²) in [4.78, 5) is 15.2. The Morgan fingerprint density at radius 3 is 2.52 bits per heavy atom. The molecule has 1 aromatic heterocycles. The van der Waals surface area contributed by atoms with Gasteiger partial charge in [-0.15, -0.1) is 0 Å². The number of imidazole rings is 1. The first-order valence-electron chi connectivity index (χ1n) is 6.08. The smallest absolute Gasteiger partial charge is 0.338 e. The lowest BCUT2D eigenvalue weighted by Gasteiger charge is -2.10. The minimum Gasteiger partial charge on any atom is -0.478 e. The third kappa shape index (κ3) is 2.89. The van der Waals surface area contributed by atoms with Crippen LogP contribution in [-0.2, 0) is 17.1 Å². The highest BCUT2D eigenvalue weighted by molar-refractivity contribution is 7.92. The molecule has 0 radical (unpaired) electrons. The second-order valence-corrected chi connectivity index (χ2v) is 6.27. The zero-order valence-electron chi connectivity index (χ0n) is 11.8. The van der Waals surface area contributed by atoms with E-state index in [1.54, 1.807) is 37.6 Å². The van der Waals surface area contributed by atoms with Crippen molar-refractivity contribution in [2.75, 3.05) is 4.72 Å². The van der Waals surface area contributed by atoms with Crippen LogP contribution in [0.25, 0.3) is 0 Å². The maximum absolute atomic E-state index is 12.3. The van der Waals surface area contributed by atoms with Gasteiger partial charge in [0.1, 0.15) is 5.82 Å². The van der Waals surface area contributed by atoms with Crippen molar-refractivity contribution in [1.29, 1.82) is 0 Å².